The van der Waals surface area contributed by atoms with Crippen LogP contribution in [0.2, 0.25) is 0 Å². The fourth-order valence-electron chi connectivity index (χ4n) is 1.68. The fourth-order valence-corrected chi connectivity index (χ4v) is 1.68. The Bertz CT molecular complexity index is 494. The highest BCUT2D eigenvalue weighted by molar-refractivity contribution is 5.85. The average Bonchev–Trinajstić information content (AvgIpc) is 2.32. The van der Waals surface area contributed by atoms with E-state index in [0.29, 0.717) is 12.1 Å². The molecule has 2 aromatic carbocycles. The van der Waals surface area contributed by atoms with Crippen molar-refractivity contribution in [3.8, 4) is 11.1 Å². The number of aryl methyl sites for hydroxylation is 1. The molecule has 0 aliphatic rings. The molecule has 0 aromatic heterocycles. The van der Waals surface area contributed by atoms with Crippen molar-refractivity contribution in [2.45, 2.75) is 13.5 Å². The summed E-state index contributed by atoms with van der Waals surface area (Å²) in [6, 6.07) is 12.8. The van der Waals surface area contributed by atoms with E-state index in [2.05, 4.69) is 0 Å². The Balaban J connectivity index is 0.00000144. The molecule has 0 aliphatic carbocycles. The molecule has 0 radical (unpaired) electrons. The standard InChI is InChI=1S/C14H14FN.ClH/c1-10-2-7-14(15)13(8-10)12-5-3-11(9-16)4-6-12;/h2-8H,9,16H2,1H3;1H. The summed E-state index contributed by atoms with van der Waals surface area (Å²) in [4.78, 5) is 0. The largest absolute Gasteiger partial charge is 0.326 e. The first-order chi connectivity index (χ1) is 7.70. The summed E-state index contributed by atoms with van der Waals surface area (Å²) in [5, 5.41) is 0. The summed E-state index contributed by atoms with van der Waals surface area (Å²) in [5.74, 6) is -0.189. The first-order valence-corrected chi connectivity index (χ1v) is 5.26. The zero-order valence-electron chi connectivity index (χ0n) is 9.61. The molecule has 0 spiro atoms. The Morgan fingerprint density at radius 1 is 1.06 bits per heavy atom. The van der Waals surface area contributed by atoms with Crippen LogP contribution in [0.4, 0.5) is 4.39 Å². The Morgan fingerprint density at radius 3 is 2.29 bits per heavy atom. The van der Waals surface area contributed by atoms with E-state index in [1.54, 1.807) is 6.07 Å². The average molecular weight is 252 g/mol. The SMILES string of the molecule is Cc1ccc(F)c(-c2ccc(CN)cc2)c1.Cl. The molecule has 0 unspecified atom stereocenters. The Kier molecular flexibility index (Phi) is 4.67. The van der Waals surface area contributed by atoms with Gasteiger partial charge in [-0.05, 0) is 30.2 Å². The predicted molar refractivity (Wildman–Crippen MR) is 71.7 cm³/mol. The van der Waals surface area contributed by atoms with Crippen LogP contribution in [0.1, 0.15) is 11.1 Å². The number of halogens is 2. The van der Waals surface area contributed by atoms with Gasteiger partial charge >= 0.3 is 0 Å². The monoisotopic (exact) mass is 251 g/mol. The van der Waals surface area contributed by atoms with Crippen molar-refractivity contribution in [1.82, 2.24) is 0 Å². The van der Waals surface area contributed by atoms with Gasteiger partial charge in [-0.25, -0.2) is 4.39 Å². The van der Waals surface area contributed by atoms with Gasteiger partial charge < -0.3 is 5.73 Å². The van der Waals surface area contributed by atoms with Gasteiger partial charge in [-0.1, -0.05) is 35.9 Å². The molecule has 0 bridgehead atoms. The third kappa shape index (κ3) is 3.05. The number of hydrogen-bond donors (Lipinski definition) is 1. The molecule has 0 aliphatic heterocycles. The van der Waals surface area contributed by atoms with E-state index in [9.17, 15) is 4.39 Å². The van der Waals surface area contributed by atoms with E-state index < -0.39 is 0 Å². The van der Waals surface area contributed by atoms with Crippen LogP contribution in [0.3, 0.4) is 0 Å². The molecule has 2 N–H and O–H groups in total. The van der Waals surface area contributed by atoms with E-state index in [1.165, 1.54) is 6.07 Å². The molecule has 17 heavy (non-hydrogen) atoms. The minimum Gasteiger partial charge on any atom is -0.326 e. The number of benzene rings is 2. The second kappa shape index (κ2) is 5.80. The van der Waals surface area contributed by atoms with Crippen LogP contribution in [-0.4, -0.2) is 0 Å². The highest BCUT2D eigenvalue weighted by Crippen LogP contribution is 2.24. The highest BCUT2D eigenvalue weighted by atomic mass is 35.5. The number of rotatable bonds is 2. The summed E-state index contributed by atoms with van der Waals surface area (Å²) < 4.78 is 13.6. The van der Waals surface area contributed by atoms with Crippen molar-refractivity contribution in [2.75, 3.05) is 0 Å². The molecule has 90 valence electrons. The van der Waals surface area contributed by atoms with Gasteiger partial charge in [-0.15, -0.1) is 12.4 Å². The zero-order valence-corrected chi connectivity index (χ0v) is 10.4. The second-order valence-electron chi connectivity index (χ2n) is 3.88. The quantitative estimate of drug-likeness (QED) is 0.866. The molecule has 0 atom stereocenters. The minimum atomic E-state index is -0.189. The lowest BCUT2D eigenvalue weighted by molar-refractivity contribution is 0.631. The molecule has 1 nitrogen and oxygen atoms in total. The van der Waals surface area contributed by atoms with Gasteiger partial charge in [0.05, 0.1) is 0 Å². The summed E-state index contributed by atoms with van der Waals surface area (Å²) in [6.07, 6.45) is 0. The third-order valence-electron chi connectivity index (χ3n) is 2.62. The van der Waals surface area contributed by atoms with Crippen LogP contribution in [0.15, 0.2) is 42.5 Å². The Hall–Kier alpha value is -1.38. The van der Waals surface area contributed by atoms with Crippen LogP contribution in [0.25, 0.3) is 11.1 Å². The van der Waals surface area contributed by atoms with E-state index in [0.717, 1.165) is 16.7 Å². The first kappa shape index (κ1) is 13.7. The minimum absolute atomic E-state index is 0. The fraction of sp³-hybridized carbons (Fsp3) is 0.143. The molecule has 0 fully saturated rings. The van der Waals surface area contributed by atoms with Crippen molar-refractivity contribution in [2.24, 2.45) is 5.73 Å². The van der Waals surface area contributed by atoms with Crippen LogP contribution in [0.5, 0.6) is 0 Å². The molecule has 0 saturated heterocycles. The van der Waals surface area contributed by atoms with Crippen molar-refractivity contribution in [3.05, 3.63) is 59.4 Å². The molecule has 2 rings (SSSR count). The Labute approximate surface area is 107 Å². The van der Waals surface area contributed by atoms with E-state index >= 15 is 0 Å². The van der Waals surface area contributed by atoms with Gasteiger partial charge in [0.2, 0.25) is 0 Å². The highest BCUT2D eigenvalue weighted by Gasteiger charge is 2.04. The van der Waals surface area contributed by atoms with Gasteiger partial charge in [0.15, 0.2) is 0 Å². The number of nitrogens with two attached hydrogens (primary N) is 1. The topological polar surface area (TPSA) is 26.0 Å². The summed E-state index contributed by atoms with van der Waals surface area (Å²) >= 11 is 0. The van der Waals surface area contributed by atoms with E-state index in [1.807, 2.05) is 37.3 Å². The number of hydrogen-bond acceptors (Lipinski definition) is 1. The van der Waals surface area contributed by atoms with E-state index in [4.69, 9.17) is 5.73 Å². The lowest BCUT2D eigenvalue weighted by Gasteiger charge is -2.05. The van der Waals surface area contributed by atoms with Gasteiger partial charge in [-0.2, -0.15) is 0 Å². The molecule has 0 amide bonds. The molecule has 0 saturated carbocycles. The van der Waals surface area contributed by atoms with Gasteiger partial charge in [0.1, 0.15) is 5.82 Å². The van der Waals surface area contributed by atoms with Gasteiger partial charge in [0.25, 0.3) is 0 Å². The van der Waals surface area contributed by atoms with E-state index in [-0.39, 0.29) is 18.2 Å². The molecule has 2 aromatic rings. The van der Waals surface area contributed by atoms with Gasteiger partial charge in [-0.3, -0.25) is 0 Å². The van der Waals surface area contributed by atoms with Crippen LogP contribution < -0.4 is 5.73 Å². The summed E-state index contributed by atoms with van der Waals surface area (Å²) in [5.41, 5.74) is 9.16. The maximum absolute atomic E-state index is 13.6. The maximum Gasteiger partial charge on any atom is 0.131 e. The maximum atomic E-state index is 13.6. The third-order valence-corrected chi connectivity index (χ3v) is 2.62. The summed E-state index contributed by atoms with van der Waals surface area (Å²) in [6.45, 7) is 2.47. The molecular formula is C14H15ClFN. The van der Waals surface area contributed by atoms with Crippen LogP contribution in [-0.2, 0) is 6.54 Å². The van der Waals surface area contributed by atoms with Crippen LogP contribution >= 0.6 is 12.4 Å². The van der Waals surface area contributed by atoms with Crippen molar-refractivity contribution < 1.29 is 4.39 Å². The Morgan fingerprint density at radius 2 is 1.71 bits per heavy atom. The lowest BCUT2D eigenvalue weighted by atomic mass is 10.0. The molecule has 0 heterocycles. The normalized spacial score (nSPS) is 9.82. The molecular weight excluding hydrogens is 237 g/mol. The molecule has 3 heteroatoms. The van der Waals surface area contributed by atoms with Gasteiger partial charge in [0, 0.05) is 12.1 Å². The van der Waals surface area contributed by atoms with Crippen molar-refractivity contribution in [3.63, 3.8) is 0 Å². The predicted octanol–water partition coefficient (Wildman–Crippen LogP) is 3.68. The first-order valence-electron chi connectivity index (χ1n) is 5.26. The summed E-state index contributed by atoms with van der Waals surface area (Å²) in [7, 11) is 0. The zero-order chi connectivity index (χ0) is 11.5. The lowest BCUT2D eigenvalue weighted by Crippen LogP contribution is -1.95. The smallest absolute Gasteiger partial charge is 0.131 e. The van der Waals surface area contributed by atoms with Crippen molar-refractivity contribution in [1.29, 1.82) is 0 Å². The second-order valence-corrected chi connectivity index (χ2v) is 3.88. The van der Waals surface area contributed by atoms with Crippen LogP contribution in [0, 0.1) is 12.7 Å². The van der Waals surface area contributed by atoms with Crippen molar-refractivity contribution >= 4 is 12.4 Å².